The summed E-state index contributed by atoms with van der Waals surface area (Å²) >= 11 is 0. The van der Waals surface area contributed by atoms with Crippen molar-refractivity contribution in [3.05, 3.63) is 48.6 Å². The zero-order valence-corrected chi connectivity index (χ0v) is 19.9. The third kappa shape index (κ3) is 5.14. The Balaban J connectivity index is 0.000000142. The zero-order valence-electron chi connectivity index (χ0n) is 19.9. The van der Waals surface area contributed by atoms with E-state index in [1.54, 1.807) is 37.2 Å². The Labute approximate surface area is 202 Å². The first-order valence-corrected chi connectivity index (χ1v) is 12.6. The summed E-state index contributed by atoms with van der Waals surface area (Å²) in [5, 5.41) is 0. The van der Waals surface area contributed by atoms with Crippen molar-refractivity contribution in [2.24, 2.45) is 22.3 Å². The fourth-order valence-electron chi connectivity index (χ4n) is 6.55. The third-order valence-electron chi connectivity index (χ3n) is 8.28. The van der Waals surface area contributed by atoms with Gasteiger partial charge in [0.25, 0.3) is 0 Å². The summed E-state index contributed by atoms with van der Waals surface area (Å²) in [7, 11) is 0. The van der Waals surface area contributed by atoms with Gasteiger partial charge in [0.1, 0.15) is 11.4 Å². The van der Waals surface area contributed by atoms with E-state index < -0.39 is 0 Å². The quantitative estimate of drug-likeness (QED) is 0.588. The van der Waals surface area contributed by atoms with Gasteiger partial charge in [-0.05, 0) is 76.0 Å². The molecule has 0 aromatic carbocycles. The van der Waals surface area contributed by atoms with E-state index in [0.29, 0.717) is 0 Å². The molecule has 4 aliphatic rings. The average molecular weight is 455 g/mol. The molecule has 4 saturated carbocycles. The predicted octanol–water partition coefficient (Wildman–Crippen LogP) is 3.76. The van der Waals surface area contributed by atoms with Crippen LogP contribution in [0.1, 0.15) is 88.4 Å². The van der Waals surface area contributed by atoms with Gasteiger partial charge < -0.3 is 11.5 Å². The molecule has 6 heteroatoms. The van der Waals surface area contributed by atoms with Crippen molar-refractivity contribution in [2.75, 3.05) is 0 Å². The van der Waals surface area contributed by atoms with Gasteiger partial charge in [-0.3, -0.25) is 9.97 Å². The normalized spacial score (nSPS) is 35.1. The molecule has 6 nitrogen and oxygen atoms in total. The lowest BCUT2D eigenvalue weighted by Crippen LogP contribution is -2.40. The van der Waals surface area contributed by atoms with Gasteiger partial charge >= 0.3 is 0 Å². The van der Waals surface area contributed by atoms with E-state index in [-0.39, 0.29) is 21.9 Å². The first kappa shape index (κ1) is 23.0. The number of nitrogens with two attached hydrogens (primary N) is 2. The highest BCUT2D eigenvalue weighted by Gasteiger charge is 2.49. The first-order chi connectivity index (χ1) is 16.4. The van der Waals surface area contributed by atoms with E-state index in [9.17, 15) is 0 Å². The smallest absolute Gasteiger partial charge is 0.131 e. The van der Waals surface area contributed by atoms with Crippen molar-refractivity contribution in [3.63, 3.8) is 0 Å². The molecule has 4 atom stereocenters. The van der Waals surface area contributed by atoms with Crippen LogP contribution in [-0.2, 0) is 0 Å². The molecular weight excluding hydrogens is 420 g/mol. The maximum Gasteiger partial charge on any atom is 0.131 e. The van der Waals surface area contributed by atoms with Crippen molar-refractivity contribution >= 4 is 0 Å². The number of nitrogens with zero attached hydrogens (tertiary/aromatic N) is 4. The molecular formula is C28H34N6. The van der Waals surface area contributed by atoms with Crippen molar-refractivity contribution in [1.29, 1.82) is 0 Å². The minimum atomic E-state index is 0.0648. The second kappa shape index (κ2) is 9.10. The summed E-state index contributed by atoms with van der Waals surface area (Å²) in [4.78, 5) is 16.4. The molecule has 2 aromatic rings. The molecule has 6 rings (SSSR count). The predicted molar refractivity (Wildman–Crippen MR) is 132 cm³/mol. The molecule has 2 heterocycles. The minimum absolute atomic E-state index is 0.0648. The number of rotatable bonds is 0. The fourth-order valence-corrected chi connectivity index (χ4v) is 6.55. The lowest BCUT2D eigenvalue weighted by atomic mass is 9.74. The summed E-state index contributed by atoms with van der Waals surface area (Å²) in [6.07, 6.45) is 24.0. The van der Waals surface area contributed by atoms with Crippen LogP contribution in [0.25, 0.3) is 0 Å². The van der Waals surface area contributed by atoms with Gasteiger partial charge in [0, 0.05) is 46.7 Å². The maximum atomic E-state index is 6.36. The average Bonchev–Trinajstić information content (AvgIpc) is 3.25. The van der Waals surface area contributed by atoms with Crippen LogP contribution < -0.4 is 11.5 Å². The van der Waals surface area contributed by atoms with Crippen LogP contribution in [0.5, 0.6) is 0 Å². The molecule has 2 aromatic heterocycles. The summed E-state index contributed by atoms with van der Waals surface area (Å²) in [5.74, 6) is 13.2. The molecule has 4 fully saturated rings. The Morgan fingerprint density at radius 2 is 1.06 bits per heavy atom. The number of hydrogen-bond donors (Lipinski definition) is 2. The van der Waals surface area contributed by atoms with Gasteiger partial charge in [-0.15, -0.1) is 0 Å². The van der Waals surface area contributed by atoms with Crippen LogP contribution in [0, 0.1) is 34.5 Å². The molecule has 4 aliphatic carbocycles. The highest BCUT2D eigenvalue weighted by atomic mass is 14.8. The van der Waals surface area contributed by atoms with Gasteiger partial charge in [0.05, 0.1) is 12.4 Å². The van der Waals surface area contributed by atoms with E-state index in [2.05, 4.69) is 43.6 Å². The van der Waals surface area contributed by atoms with Gasteiger partial charge in [-0.1, -0.05) is 24.7 Å². The van der Waals surface area contributed by atoms with Crippen LogP contribution >= 0.6 is 0 Å². The van der Waals surface area contributed by atoms with Gasteiger partial charge in [0.2, 0.25) is 0 Å². The van der Waals surface area contributed by atoms with Gasteiger partial charge in [0.15, 0.2) is 0 Å². The van der Waals surface area contributed by atoms with Gasteiger partial charge in [-0.2, -0.15) is 0 Å². The molecule has 4 bridgehead atoms. The van der Waals surface area contributed by atoms with E-state index in [4.69, 9.17) is 11.5 Å². The van der Waals surface area contributed by atoms with Crippen molar-refractivity contribution in [2.45, 2.75) is 88.1 Å². The van der Waals surface area contributed by atoms with E-state index >= 15 is 0 Å². The van der Waals surface area contributed by atoms with E-state index in [1.807, 2.05) is 0 Å². The number of fused-ring (bicyclic) bond motifs is 4. The molecule has 0 saturated heterocycles. The van der Waals surface area contributed by atoms with Crippen LogP contribution in [-0.4, -0.2) is 31.0 Å². The Bertz CT molecular complexity index is 1040. The van der Waals surface area contributed by atoms with Crippen molar-refractivity contribution in [1.82, 2.24) is 19.9 Å². The first-order valence-electron chi connectivity index (χ1n) is 12.6. The maximum absolute atomic E-state index is 6.36. The monoisotopic (exact) mass is 454 g/mol. The molecule has 0 radical (unpaired) electrons. The molecule has 176 valence electrons. The summed E-state index contributed by atoms with van der Waals surface area (Å²) < 4.78 is 0. The molecule has 34 heavy (non-hydrogen) atoms. The molecule has 0 unspecified atom stereocenters. The fraction of sp³-hybridized carbons (Fsp3) is 0.571. The van der Waals surface area contributed by atoms with Crippen LogP contribution in [0.3, 0.4) is 0 Å². The standard InChI is InChI=1S/2C14H17N3/c2*15-14-4-1-3-13(11-14,6-7-14)5-2-12-10-16-8-9-17-12/h2*8-10H,1,3-4,6-7,11,15H2/t2*13-,14+/m10/s1. The Morgan fingerprint density at radius 3 is 1.47 bits per heavy atom. The van der Waals surface area contributed by atoms with E-state index in [0.717, 1.165) is 49.9 Å². The third-order valence-corrected chi connectivity index (χ3v) is 8.28. The Kier molecular flexibility index (Phi) is 6.15. The zero-order chi connectivity index (χ0) is 23.5. The van der Waals surface area contributed by atoms with Crippen LogP contribution in [0.15, 0.2) is 37.2 Å². The highest BCUT2D eigenvalue weighted by molar-refractivity contribution is 5.31. The lowest BCUT2D eigenvalue weighted by molar-refractivity contribution is 0.256. The summed E-state index contributed by atoms with van der Waals surface area (Å²) in [6, 6.07) is 0. The van der Waals surface area contributed by atoms with E-state index in [1.165, 1.54) is 38.5 Å². The topological polar surface area (TPSA) is 104 Å². The second-order valence-corrected chi connectivity index (χ2v) is 11.0. The molecule has 4 N–H and O–H groups in total. The second-order valence-electron chi connectivity index (χ2n) is 11.0. The minimum Gasteiger partial charge on any atom is -0.325 e. The SMILES string of the molecule is N[C@@]12CCC[C@@](C#Cc3cnccn3)(CC1)C2.N[C@]12CCC[C@](C#Cc3cnccn3)(CC1)C2. The summed E-state index contributed by atoms with van der Waals surface area (Å²) in [5.41, 5.74) is 14.7. The van der Waals surface area contributed by atoms with Gasteiger partial charge in [-0.25, -0.2) is 9.97 Å². The van der Waals surface area contributed by atoms with Crippen LogP contribution in [0.2, 0.25) is 0 Å². The Hall–Kier alpha value is -2.80. The number of aromatic nitrogens is 4. The van der Waals surface area contributed by atoms with Crippen molar-refractivity contribution in [3.8, 4) is 23.7 Å². The summed E-state index contributed by atoms with van der Waals surface area (Å²) in [6.45, 7) is 0. The molecule has 0 spiro atoms. The number of hydrogen-bond acceptors (Lipinski definition) is 6. The van der Waals surface area contributed by atoms with Crippen molar-refractivity contribution < 1.29 is 0 Å². The lowest BCUT2D eigenvalue weighted by Gasteiger charge is -2.33. The Morgan fingerprint density at radius 1 is 0.588 bits per heavy atom. The molecule has 0 amide bonds. The highest BCUT2D eigenvalue weighted by Crippen LogP contribution is 2.53. The molecule has 0 aliphatic heterocycles. The van der Waals surface area contributed by atoms with Crippen LogP contribution in [0.4, 0.5) is 0 Å². The largest absolute Gasteiger partial charge is 0.325 e.